The smallest absolute Gasteiger partial charge is 0.320 e. The number of hydrogen-bond donors (Lipinski definition) is 2. The van der Waals surface area contributed by atoms with Crippen molar-refractivity contribution in [1.29, 1.82) is 0 Å². The Morgan fingerprint density at radius 2 is 2.15 bits per heavy atom. The fraction of sp³-hybridized carbons (Fsp3) is 0.611. The highest BCUT2D eigenvalue weighted by Gasteiger charge is 2.28. The van der Waals surface area contributed by atoms with Crippen LogP contribution in [0.25, 0.3) is 0 Å². The second-order valence-corrected chi connectivity index (χ2v) is 7.12. The molecule has 0 radical (unpaired) electrons. The van der Waals surface area contributed by atoms with Crippen molar-refractivity contribution < 1.29 is 9.53 Å². The van der Waals surface area contributed by atoms with Crippen LogP contribution in [-0.4, -0.2) is 38.2 Å². The van der Waals surface area contributed by atoms with Gasteiger partial charge in [-0.25, -0.2) is 4.79 Å². The van der Waals surface area contributed by atoms with Gasteiger partial charge in [-0.3, -0.25) is 14.7 Å². The minimum atomic E-state index is -0.198. The molecule has 8 nitrogen and oxygen atoms in total. The van der Waals surface area contributed by atoms with E-state index in [4.69, 9.17) is 4.74 Å². The number of aryl methyl sites for hydroxylation is 1. The van der Waals surface area contributed by atoms with Crippen LogP contribution in [-0.2, 0) is 11.8 Å². The summed E-state index contributed by atoms with van der Waals surface area (Å²) in [4.78, 5) is 12.6. The first-order valence-corrected chi connectivity index (χ1v) is 9.43. The Bertz CT molecular complexity index is 735. The molecule has 2 N–H and O–H groups in total. The van der Waals surface area contributed by atoms with E-state index in [9.17, 15) is 4.79 Å². The summed E-state index contributed by atoms with van der Waals surface area (Å²) in [5.41, 5.74) is 0.882. The molecule has 26 heavy (non-hydrogen) atoms. The highest BCUT2D eigenvalue weighted by molar-refractivity contribution is 5.88. The van der Waals surface area contributed by atoms with Gasteiger partial charge in [-0.15, -0.1) is 0 Å². The summed E-state index contributed by atoms with van der Waals surface area (Å²) in [6.07, 6.45) is 10.1. The zero-order valence-electron chi connectivity index (χ0n) is 15.1. The molecule has 1 saturated carbocycles. The first-order valence-electron chi connectivity index (χ1n) is 9.43. The molecular weight excluding hydrogens is 332 g/mol. The van der Waals surface area contributed by atoms with Crippen LogP contribution < -0.4 is 10.6 Å². The Morgan fingerprint density at radius 3 is 2.92 bits per heavy atom. The number of nitrogens with one attached hydrogen (secondary N) is 2. The summed E-state index contributed by atoms with van der Waals surface area (Å²) < 4.78 is 9.33. The third-order valence-electron chi connectivity index (χ3n) is 5.31. The monoisotopic (exact) mass is 358 g/mol. The summed E-state index contributed by atoms with van der Waals surface area (Å²) in [5.74, 6) is 0.680. The van der Waals surface area contributed by atoms with Gasteiger partial charge < -0.3 is 10.1 Å². The standard InChI is InChI=1S/C18H26N6O2/c1-23-17(12-14(22-23)16-8-4-11-26-16)21-18(25)20-13-6-2-3-7-15(13)24-10-5-9-19-24/h5,9-10,12-13,15-16H,2-4,6-8,11H2,1H3,(H2,20,21,25). The molecule has 2 aromatic rings. The lowest BCUT2D eigenvalue weighted by molar-refractivity contribution is 0.108. The van der Waals surface area contributed by atoms with E-state index in [1.807, 2.05) is 30.1 Å². The maximum Gasteiger partial charge on any atom is 0.320 e. The van der Waals surface area contributed by atoms with Crippen molar-refractivity contribution >= 4 is 11.8 Å². The summed E-state index contributed by atoms with van der Waals surface area (Å²) in [6.45, 7) is 0.779. The van der Waals surface area contributed by atoms with Crippen LogP contribution in [0.2, 0.25) is 0 Å². The molecule has 2 aliphatic rings. The number of nitrogens with zero attached hydrogens (tertiary/aromatic N) is 4. The van der Waals surface area contributed by atoms with Crippen molar-refractivity contribution in [2.45, 2.75) is 56.7 Å². The highest BCUT2D eigenvalue weighted by atomic mass is 16.5. The molecule has 1 saturated heterocycles. The van der Waals surface area contributed by atoms with Crippen LogP contribution in [0.15, 0.2) is 24.5 Å². The molecule has 3 unspecified atom stereocenters. The predicted molar refractivity (Wildman–Crippen MR) is 96.8 cm³/mol. The van der Waals surface area contributed by atoms with Crippen LogP contribution in [0.5, 0.6) is 0 Å². The Kier molecular flexibility index (Phi) is 4.92. The Labute approximate surface area is 152 Å². The summed E-state index contributed by atoms with van der Waals surface area (Å²) in [5, 5.41) is 14.9. The first kappa shape index (κ1) is 17.1. The molecule has 8 heteroatoms. The SMILES string of the molecule is Cn1nc(C2CCCO2)cc1NC(=O)NC1CCCCC1n1cccn1. The van der Waals surface area contributed by atoms with E-state index < -0.39 is 0 Å². The molecule has 2 fully saturated rings. The third kappa shape index (κ3) is 3.60. The van der Waals surface area contributed by atoms with Crippen molar-refractivity contribution in [1.82, 2.24) is 24.9 Å². The molecule has 3 atom stereocenters. The van der Waals surface area contributed by atoms with Crippen LogP contribution in [0.4, 0.5) is 10.6 Å². The molecule has 2 amide bonds. The maximum atomic E-state index is 12.6. The lowest BCUT2D eigenvalue weighted by atomic mass is 9.90. The topological polar surface area (TPSA) is 86.0 Å². The van der Waals surface area contributed by atoms with Crippen molar-refractivity contribution in [3.8, 4) is 0 Å². The van der Waals surface area contributed by atoms with E-state index >= 15 is 0 Å². The van der Waals surface area contributed by atoms with Gasteiger partial charge in [-0.2, -0.15) is 10.2 Å². The number of rotatable bonds is 4. The van der Waals surface area contributed by atoms with Gasteiger partial charge in [0.05, 0.1) is 17.8 Å². The van der Waals surface area contributed by atoms with Crippen LogP contribution in [0.3, 0.4) is 0 Å². The van der Waals surface area contributed by atoms with Crippen molar-refractivity contribution in [3.05, 3.63) is 30.2 Å². The van der Waals surface area contributed by atoms with E-state index in [0.29, 0.717) is 5.82 Å². The molecule has 140 valence electrons. The maximum absolute atomic E-state index is 12.6. The van der Waals surface area contributed by atoms with Crippen molar-refractivity contribution in [2.75, 3.05) is 11.9 Å². The zero-order valence-corrected chi connectivity index (χ0v) is 15.1. The minimum Gasteiger partial charge on any atom is -0.372 e. The van der Waals surface area contributed by atoms with Gasteiger partial charge >= 0.3 is 6.03 Å². The number of hydrogen-bond acceptors (Lipinski definition) is 4. The molecule has 1 aliphatic heterocycles. The Morgan fingerprint density at radius 1 is 1.27 bits per heavy atom. The summed E-state index contributed by atoms with van der Waals surface area (Å²) >= 11 is 0. The fourth-order valence-electron chi connectivity index (χ4n) is 3.97. The summed E-state index contributed by atoms with van der Waals surface area (Å²) in [6, 6.07) is 3.92. The molecule has 0 aromatic carbocycles. The van der Waals surface area contributed by atoms with Gasteiger partial charge in [-0.05, 0) is 31.7 Å². The van der Waals surface area contributed by atoms with Gasteiger partial charge in [-0.1, -0.05) is 12.8 Å². The summed E-state index contributed by atoms with van der Waals surface area (Å²) in [7, 11) is 1.83. The molecule has 2 aromatic heterocycles. The van der Waals surface area contributed by atoms with Gasteiger partial charge in [0.15, 0.2) is 0 Å². The number of carbonyl (C=O) groups is 1. The lowest BCUT2D eigenvalue weighted by Gasteiger charge is -2.32. The Balaban J connectivity index is 1.40. The Hall–Kier alpha value is -2.35. The third-order valence-corrected chi connectivity index (χ3v) is 5.31. The quantitative estimate of drug-likeness (QED) is 0.880. The number of carbonyl (C=O) groups excluding carboxylic acids is 1. The number of ether oxygens (including phenoxy) is 1. The average molecular weight is 358 g/mol. The van der Waals surface area contributed by atoms with Crippen LogP contribution in [0.1, 0.15) is 56.4 Å². The second kappa shape index (κ2) is 7.49. The average Bonchev–Trinajstić information content (AvgIpc) is 3.37. The van der Waals surface area contributed by atoms with Crippen LogP contribution >= 0.6 is 0 Å². The van der Waals surface area contributed by atoms with Crippen molar-refractivity contribution in [2.24, 2.45) is 7.05 Å². The normalized spacial score (nSPS) is 26.0. The van der Waals surface area contributed by atoms with E-state index in [1.54, 1.807) is 10.9 Å². The van der Waals surface area contributed by atoms with Gasteiger partial charge in [0.2, 0.25) is 0 Å². The minimum absolute atomic E-state index is 0.0438. The molecule has 4 rings (SSSR count). The van der Waals surface area contributed by atoms with Gasteiger partial charge in [0.1, 0.15) is 11.9 Å². The fourth-order valence-corrected chi connectivity index (χ4v) is 3.97. The first-order chi connectivity index (χ1) is 12.7. The van der Waals surface area contributed by atoms with E-state index in [2.05, 4.69) is 20.8 Å². The van der Waals surface area contributed by atoms with E-state index in [-0.39, 0.29) is 24.2 Å². The lowest BCUT2D eigenvalue weighted by Crippen LogP contribution is -2.45. The van der Waals surface area contributed by atoms with E-state index in [1.165, 1.54) is 0 Å². The molecule has 0 spiro atoms. The van der Waals surface area contributed by atoms with E-state index in [0.717, 1.165) is 50.8 Å². The largest absolute Gasteiger partial charge is 0.372 e. The number of anilines is 1. The molecule has 0 bridgehead atoms. The van der Waals surface area contributed by atoms with Gasteiger partial charge in [0, 0.05) is 32.1 Å². The highest BCUT2D eigenvalue weighted by Crippen LogP contribution is 2.30. The zero-order chi connectivity index (χ0) is 17.9. The second-order valence-electron chi connectivity index (χ2n) is 7.12. The van der Waals surface area contributed by atoms with Crippen molar-refractivity contribution in [3.63, 3.8) is 0 Å². The number of amides is 2. The molecule has 3 heterocycles. The molecule has 1 aliphatic carbocycles. The number of urea groups is 1. The number of aromatic nitrogens is 4. The molecular formula is C18H26N6O2. The predicted octanol–water partition coefficient (Wildman–Crippen LogP) is 2.77. The van der Waals surface area contributed by atoms with Crippen LogP contribution in [0, 0.1) is 0 Å². The van der Waals surface area contributed by atoms with Gasteiger partial charge in [0.25, 0.3) is 0 Å².